The Morgan fingerprint density at radius 3 is 1.50 bits per heavy atom. The van der Waals surface area contributed by atoms with E-state index < -0.39 is 0 Å². The normalized spacial score (nSPS) is 4.50. The second-order valence-corrected chi connectivity index (χ2v) is 0.577. The van der Waals surface area contributed by atoms with Gasteiger partial charge in [0.25, 0.3) is 0 Å². The Balaban J connectivity index is -0.0000000183. The number of hydrogen-bond acceptors (Lipinski definition) is 1. The van der Waals surface area contributed by atoms with Crippen LogP contribution in [0.4, 0.5) is 0 Å². The second-order valence-electron chi connectivity index (χ2n) is 0.577. The van der Waals surface area contributed by atoms with Gasteiger partial charge in [0.1, 0.15) is 0 Å². The van der Waals surface area contributed by atoms with Crippen LogP contribution in [0, 0.1) is 21.8 Å². The van der Waals surface area contributed by atoms with Gasteiger partial charge >= 0.3 is 30.9 Å². The van der Waals surface area contributed by atoms with Crippen LogP contribution in [0.5, 0.6) is 0 Å². The van der Waals surface area contributed by atoms with Crippen molar-refractivity contribution in [2.24, 2.45) is 0 Å². The van der Waals surface area contributed by atoms with Crippen molar-refractivity contribution in [2.75, 3.05) is 6.61 Å². The van der Waals surface area contributed by atoms with E-state index in [-0.39, 0.29) is 21.5 Å². The summed E-state index contributed by atoms with van der Waals surface area (Å²) in [6, 6.07) is 0. The number of aliphatic hydroxyl groups is 1. The standard InChI is InChI=1S/C3H7O.2CH3.V.W/c1-2-3-4;;;;/h4H,1-3H2;2*1H3;;/q3*-1;+2;. The molecule has 0 aromatic rings. The second kappa shape index (κ2) is 41.2. The molecule has 0 fully saturated rings. The van der Waals surface area contributed by atoms with Crippen molar-refractivity contribution in [1.82, 2.24) is 0 Å². The zero-order valence-electron chi connectivity index (χ0n) is 5.42. The molecule has 0 bridgehead atoms. The quantitative estimate of drug-likeness (QED) is 0.717. The van der Waals surface area contributed by atoms with Crippen LogP contribution in [0.25, 0.3) is 0 Å². The Hall–Kier alpha value is 1.23. The Bertz CT molecular complexity index is 19.9. The van der Waals surface area contributed by atoms with Gasteiger partial charge in [-0.1, -0.05) is 0 Å². The number of aliphatic hydroxyl groups excluding tert-OH is 1. The van der Waals surface area contributed by atoms with E-state index in [4.69, 9.17) is 5.11 Å². The fraction of sp³-hybridized carbons (Fsp3) is 0.400. The maximum absolute atomic E-state index is 7.81. The fourth-order valence-electron chi connectivity index (χ4n) is 0. The molecule has 0 aromatic heterocycles. The van der Waals surface area contributed by atoms with Crippen LogP contribution in [0.2, 0.25) is 0 Å². The Labute approximate surface area is 70.7 Å². The van der Waals surface area contributed by atoms with Gasteiger partial charge in [0.05, 0.1) is 0 Å². The Kier molecular flexibility index (Phi) is 118. The zero-order chi connectivity index (χ0) is 5.41. The van der Waals surface area contributed by atoms with E-state index >= 15 is 0 Å². The molecular weight excluding hydrogens is 311 g/mol. The molecule has 0 saturated heterocycles. The molecule has 51 valence electrons. The fourth-order valence-corrected chi connectivity index (χ4v) is 0. The SMILES string of the molecule is [CH2-]CCO.[CH3-].[CH3-].[V+2]=[W]. The Morgan fingerprint density at radius 2 is 1.50 bits per heavy atom. The van der Waals surface area contributed by atoms with E-state index in [0.29, 0.717) is 6.42 Å². The predicted octanol–water partition coefficient (Wildman–Crippen LogP) is 1.10. The molecule has 1 nitrogen and oxygen atoms in total. The summed E-state index contributed by atoms with van der Waals surface area (Å²) in [4.78, 5) is 0. The van der Waals surface area contributed by atoms with Gasteiger partial charge in [-0.15, -0.1) is 0 Å². The first kappa shape index (κ1) is 22.9. The summed E-state index contributed by atoms with van der Waals surface area (Å²) in [5, 5.41) is 7.81. The molecule has 0 saturated carbocycles. The van der Waals surface area contributed by atoms with Crippen molar-refractivity contribution in [2.45, 2.75) is 6.42 Å². The first-order valence-electron chi connectivity index (χ1n) is 1.50. The van der Waals surface area contributed by atoms with Crippen molar-refractivity contribution in [1.29, 1.82) is 0 Å². The van der Waals surface area contributed by atoms with Gasteiger partial charge in [-0.3, -0.25) is 0 Å². The summed E-state index contributed by atoms with van der Waals surface area (Å²) in [6.07, 6.45) is 0.625. The molecule has 0 aliphatic heterocycles. The minimum absolute atomic E-state index is 0. The molecule has 0 atom stereocenters. The summed E-state index contributed by atoms with van der Waals surface area (Å²) in [7, 11) is 0. The molecule has 0 unspecified atom stereocenters. The molecule has 8 heavy (non-hydrogen) atoms. The predicted molar refractivity (Wildman–Crippen MR) is 29.9 cm³/mol. The number of hydrogen-bond donors (Lipinski definition) is 1. The molecule has 0 amide bonds. The van der Waals surface area contributed by atoms with Gasteiger partial charge < -0.3 is 26.9 Å². The summed E-state index contributed by atoms with van der Waals surface area (Å²) in [6.45, 7) is 3.56. The number of rotatable bonds is 1. The minimum atomic E-state index is 0. The maximum atomic E-state index is 7.81. The van der Waals surface area contributed by atoms with Crippen LogP contribution in [0.15, 0.2) is 0 Å². The zero-order valence-corrected chi connectivity index (χ0v) is 9.75. The summed E-state index contributed by atoms with van der Waals surface area (Å²) < 4.78 is 0. The van der Waals surface area contributed by atoms with Crippen LogP contribution in [0.1, 0.15) is 6.42 Å². The molecule has 0 heterocycles. The van der Waals surface area contributed by atoms with E-state index in [2.05, 4.69) is 21.0 Å². The van der Waals surface area contributed by atoms with Crippen LogP contribution < -0.4 is 0 Å². The van der Waals surface area contributed by atoms with Crippen molar-refractivity contribution in [3.05, 3.63) is 21.8 Å². The van der Waals surface area contributed by atoms with E-state index in [1.54, 1.807) is 0 Å². The first-order chi connectivity index (χ1) is 2.91. The third-order valence-electron chi connectivity index (χ3n) is 0.158. The van der Waals surface area contributed by atoms with E-state index in [9.17, 15) is 0 Å². The molecule has 0 aromatic carbocycles. The van der Waals surface area contributed by atoms with Crippen molar-refractivity contribution >= 4 is 0 Å². The third kappa shape index (κ3) is 56.4. The van der Waals surface area contributed by atoms with E-state index in [1.165, 1.54) is 16.8 Å². The van der Waals surface area contributed by atoms with Crippen LogP contribution in [-0.4, -0.2) is 11.7 Å². The molecule has 0 radical (unpaired) electrons. The van der Waals surface area contributed by atoms with Crippen LogP contribution in [0.3, 0.4) is 0 Å². The molecule has 0 rings (SSSR count). The molecule has 1 N–H and O–H groups in total. The van der Waals surface area contributed by atoms with Crippen molar-refractivity contribution < 1.29 is 36.0 Å². The summed E-state index contributed by atoms with van der Waals surface area (Å²) in [5.74, 6) is 0. The van der Waals surface area contributed by atoms with Crippen LogP contribution >= 0.6 is 0 Å². The van der Waals surface area contributed by atoms with Crippen LogP contribution in [-0.2, 0) is 30.9 Å². The van der Waals surface area contributed by atoms with Gasteiger partial charge in [0.2, 0.25) is 0 Å². The van der Waals surface area contributed by atoms with E-state index in [0.717, 1.165) is 0 Å². The summed E-state index contributed by atoms with van der Waals surface area (Å²) in [5.41, 5.74) is 0. The van der Waals surface area contributed by atoms with E-state index in [1.807, 2.05) is 0 Å². The monoisotopic (exact) mass is 324 g/mol. The van der Waals surface area contributed by atoms with Gasteiger partial charge in [-0.05, 0) is 0 Å². The molecular formula is C5H13OVW-. The third-order valence-corrected chi connectivity index (χ3v) is 0.158. The van der Waals surface area contributed by atoms with Crippen molar-refractivity contribution in [3.63, 3.8) is 0 Å². The first-order valence-corrected chi connectivity index (χ1v) is 7.48. The molecule has 0 spiro atoms. The molecule has 0 aliphatic carbocycles. The molecule has 3 heteroatoms. The van der Waals surface area contributed by atoms with Crippen molar-refractivity contribution in [3.8, 4) is 0 Å². The van der Waals surface area contributed by atoms with Gasteiger partial charge in [0.15, 0.2) is 0 Å². The topological polar surface area (TPSA) is 20.2 Å². The van der Waals surface area contributed by atoms with Gasteiger partial charge in [-0.25, -0.2) is 0 Å². The summed E-state index contributed by atoms with van der Waals surface area (Å²) >= 11 is 3.92. The molecule has 0 aliphatic rings. The average molecular weight is 324 g/mol. The van der Waals surface area contributed by atoms with Gasteiger partial charge in [-0.2, -0.15) is 6.42 Å². The average Bonchev–Trinajstić information content (AvgIpc) is 1.72. The Morgan fingerprint density at radius 1 is 1.38 bits per heavy atom. The van der Waals surface area contributed by atoms with Gasteiger partial charge in [0, 0.05) is 6.61 Å².